The van der Waals surface area contributed by atoms with E-state index in [0.717, 1.165) is 13.0 Å². The van der Waals surface area contributed by atoms with Crippen molar-refractivity contribution in [2.75, 3.05) is 24.5 Å². The van der Waals surface area contributed by atoms with E-state index in [2.05, 4.69) is 20.3 Å². The summed E-state index contributed by atoms with van der Waals surface area (Å²) in [5.41, 5.74) is 0.635. The Morgan fingerprint density at radius 2 is 2.27 bits per heavy atom. The fourth-order valence-corrected chi connectivity index (χ4v) is 3.08. The van der Waals surface area contributed by atoms with E-state index in [1.165, 1.54) is 17.5 Å². The zero-order valence-corrected chi connectivity index (χ0v) is 12.8. The van der Waals surface area contributed by atoms with Crippen molar-refractivity contribution in [2.45, 2.75) is 18.4 Å². The number of carbonyl (C=O) groups is 1. The molecule has 3 heterocycles. The van der Waals surface area contributed by atoms with Crippen LogP contribution in [-0.4, -0.2) is 51.2 Å². The maximum absolute atomic E-state index is 12.0. The number of nitrogens with one attached hydrogen (secondary N) is 1. The first-order valence-electron chi connectivity index (χ1n) is 7.07. The highest BCUT2D eigenvalue weighted by Crippen LogP contribution is 2.23. The Bertz CT molecular complexity index is 621. The number of amides is 1. The molecule has 7 nitrogen and oxygen atoms in total. The van der Waals surface area contributed by atoms with Crippen molar-refractivity contribution in [1.29, 1.82) is 0 Å². The molecule has 0 aromatic carbocycles. The molecule has 2 N–H and O–H groups in total. The van der Waals surface area contributed by atoms with Crippen LogP contribution in [0.4, 0.5) is 5.95 Å². The van der Waals surface area contributed by atoms with Crippen molar-refractivity contribution in [1.82, 2.24) is 20.3 Å². The smallest absolute Gasteiger partial charge is 0.263 e. The highest BCUT2D eigenvalue weighted by Gasteiger charge is 2.34. The quantitative estimate of drug-likeness (QED) is 0.862. The first-order chi connectivity index (χ1) is 10.7. The second kappa shape index (κ2) is 6.37. The van der Waals surface area contributed by atoms with Crippen LogP contribution >= 0.6 is 11.3 Å². The Balaban J connectivity index is 1.61. The molecule has 1 amide bonds. The van der Waals surface area contributed by atoms with E-state index >= 15 is 0 Å². The summed E-state index contributed by atoms with van der Waals surface area (Å²) < 4.78 is 0. The number of rotatable bonds is 4. The lowest BCUT2D eigenvalue weighted by atomic mass is 9.93. The van der Waals surface area contributed by atoms with Crippen LogP contribution in [0.25, 0.3) is 0 Å². The minimum absolute atomic E-state index is 0.201. The molecule has 0 unspecified atom stereocenters. The number of piperidine rings is 1. The molecule has 8 heteroatoms. The number of hydrogen-bond acceptors (Lipinski definition) is 7. The van der Waals surface area contributed by atoms with Gasteiger partial charge in [-0.1, -0.05) is 0 Å². The SMILES string of the molecule is O=C(NC[C@@]1(O)CCCN(c2ncccn2)C1)c1cncs1. The summed E-state index contributed by atoms with van der Waals surface area (Å²) in [5, 5.41) is 13.5. The molecule has 1 aliphatic heterocycles. The fraction of sp³-hybridized carbons (Fsp3) is 0.429. The van der Waals surface area contributed by atoms with Crippen LogP contribution in [0.3, 0.4) is 0 Å². The van der Waals surface area contributed by atoms with Crippen LogP contribution in [0.1, 0.15) is 22.5 Å². The highest BCUT2D eigenvalue weighted by molar-refractivity contribution is 7.11. The molecule has 2 aromatic rings. The first-order valence-corrected chi connectivity index (χ1v) is 7.95. The molecule has 116 valence electrons. The highest BCUT2D eigenvalue weighted by atomic mass is 32.1. The Morgan fingerprint density at radius 1 is 1.45 bits per heavy atom. The van der Waals surface area contributed by atoms with Crippen LogP contribution in [0.15, 0.2) is 30.2 Å². The van der Waals surface area contributed by atoms with E-state index in [1.807, 2.05) is 4.90 Å². The van der Waals surface area contributed by atoms with Crippen LogP contribution in [0.2, 0.25) is 0 Å². The van der Waals surface area contributed by atoms with Gasteiger partial charge >= 0.3 is 0 Å². The van der Waals surface area contributed by atoms with E-state index in [-0.39, 0.29) is 12.5 Å². The van der Waals surface area contributed by atoms with E-state index < -0.39 is 5.60 Å². The van der Waals surface area contributed by atoms with Crippen LogP contribution < -0.4 is 10.2 Å². The third-order valence-electron chi connectivity index (χ3n) is 3.62. The Kier molecular flexibility index (Phi) is 4.30. The number of aliphatic hydroxyl groups is 1. The van der Waals surface area contributed by atoms with Gasteiger partial charge in [-0.3, -0.25) is 9.78 Å². The van der Waals surface area contributed by atoms with E-state index in [0.29, 0.717) is 23.8 Å². The zero-order chi connectivity index (χ0) is 15.4. The van der Waals surface area contributed by atoms with Gasteiger partial charge in [-0.05, 0) is 18.9 Å². The average molecular weight is 319 g/mol. The lowest BCUT2D eigenvalue weighted by molar-refractivity contribution is 0.0253. The standard InChI is InChI=1S/C14H17N5O2S/c20-12(11-7-15-10-22-11)18-8-14(21)3-1-6-19(9-14)13-16-4-2-5-17-13/h2,4-5,7,10,21H,1,3,6,8-9H2,(H,18,20)/t14-/m0/s1. The first kappa shape index (κ1) is 14.9. The maximum atomic E-state index is 12.0. The van der Waals surface area contributed by atoms with E-state index in [1.54, 1.807) is 24.0 Å². The zero-order valence-electron chi connectivity index (χ0n) is 12.0. The predicted molar refractivity (Wildman–Crippen MR) is 82.9 cm³/mol. The number of nitrogens with zero attached hydrogens (tertiary/aromatic N) is 4. The van der Waals surface area contributed by atoms with Crippen LogP contribution in [-0.2, 0) is 0 Å². The van der Waals surface area contributed by atoms with Gasteiger partial charge in [0.15, 0.2) is 0 Å². The number of thiazole rings is 1. The molecule has 1 fully saturated rings. The minimum atomic E-state index is -0.974. The molecule has 0 spiro atoms. The Morgan fingerprint density at radius 3 is 3.00 bits per heavy atom. The average Bonchev–Trinajstić information content (AvgIpc) is 3.08. The molecule has 1 aliphatic rings. The van der Waals surface area contributed by atoms with Gasteiger partial charge in [0.1, 0.15) is 4.88 Å². The normalized spacial score (nSPS) is 21.6. The summed E-state index contributed by atoms with van der Waals surface area (Å²) in [5.74, 6) is 0.401. The number of aromatic nitrogens is 3. The summed E-state index contributed by atoms with van der Waals surface area (Å²) in [6.07, 6.45) is 6.35. The summed E-state index contributed by atoms with van der Waals surface area (Å²) in [6, 6.07) is 1.76. The summed E-state index contributed by atoms with van der Waals surface area (Å²) in [7, 11) is 0. The summed E-state index contributed by atoms with van der Waals surface area (Å²) >= 11 is 1.28. The summed E-state index contributed by atoms with van der Waals surface area (Å²) in [6.45, 7) is 1.40. The molecule has 0 saturated carbocycles. The van der Waals surface area contributed by atoms with Crippen molar-refractivity contribution in [3.63, 3.8) is 0 Å². The molecule has 1 atom stereocenters. The van der Waals surface area contributed by atoms with E-state index in [4.69, 9.17) is 0 Å². The third kappa shape index (κ3) is 3.40. The second-order valence-electron chi connectivity index (χ2n) is 5.35. The van der Waals surface area contributed by atoms with Gasteiger partial charge in [0.05, 0.1) is 23.9 Å². The molecular weight excluding hydrogens is 302 g/mol. The largest absolute Gasteiger partial charge is 0.386 e. The molecule has 3 rings (SSSR count). The number of carbonyl (C=O) groups excluding carboxylic acids is 1. The van der Waals surface area contributed by atoms with Crippen molar-refractivity contribution in [3.8, 4) is 0 Å². The summed E-state index contributed by atoms with van der Waals surface area (Å²) in [4.78, 5) is 26.7. The van der Waals surface area contributed by atoms with Gasteiger partial charge in [0, 0.05) is 25.5 Å². The van der Waals surface area contributed by atoms with Gasteiger partial charge in [0.2, 0.25) is 5.95 Å². The number of hydrogen-bond donors (Lipinski definition) is 2. The lowest BCUT2D eigenvalue weighted by Crippen LogP contribution is -2.54. The van der Waals surface area contributed by atoms with Crippen LogP contribution in [0, 0.1) is 0 Å². The minimum Gasteiger partial charge on any atom is -0.386 e. The predicted octanol–water partition coefficient (Wildman–Crippen LogP) is 0.694. The third-order valence-corrected chi connectivity index (χ3v) is 4.40. The number of β-amino-alcohol motifs (C(OH)–C–C–N with tert-alkyl or cyclic N) is 1. The Labute approximate surface area is 132 Å². The van der Waals surface area contributed by atoms with Gasteiger partial charge < -0.3 is 15.3 Å². The second-order valence-corrected chi connectivity index (χ2v) is 6.23. The molecule has 2 aromatic heterocycles. The van der Waals surface area contributed by atoms with Gasteiger partial charge in [-0.15, -0.1) is 11.3 Å². The monoisotopic (exact) mass is 319 g/mol. The van der Waals surface area contributed by atoms with Crippen molar-refractivity contribution in [2.24, 2.45) is 0 Å². The molecule has 1 saturated heterocycles. The molecule has 0 bridgehead atoms. The number of anilines is 1. The van der Waals surface area contributed by atoms with Gasteiger partial charge in [-0.25, -0.2) is 9.97 Å². The van der Waals surface area contributed by atoms with E-state index in [9.17, 15) is 9.90 Å². The molecule has 0 radical (unpaired) electrons. The molecule has 22 heavy (non-hydrogen) atoms. The topological polar surface area (TPSA) is 91.2 Å². The lowest BCUT2D eigenvalue weighted by Gasteiger charge is -2.39. The van der Waals surface area contributed by atoms with Gasteiger partial charge in [-0.2, -0.15) is 0 Å². The fourth-order valence-electron chi connectivity index (χ4n) is 2.54. The Hall–Kier alpha value is -2.06. The van der Waals surface area contributed by atoms with Crippen molar-refractivity contribution < 1.29 is 9.90 Å². The van der Waals surface area contributed by atoms with Crippen molar-refractivity contribution in [3.05, 3.63) is 35.0 Å². The molecule has 0 aliphatic carbocycles. The molecular formula is C14H17N5O2S. The maximum Gasteiger partial charge on any atom is 0.263 e. The van der Waals surface area contributed by atoms with Gasteiger partial charge in [0.25, 0.3) is 5.91 Å². The van der Waals surface area contributed by atoms with Crippen LogP contribution in [0.5, 0.6) is 0 Å². The van der Waals surface area contributed by atoms with Crippen molar-refractivity contribution >= 4 is 23.2 Å².